The average molecular weight is 761 g/mol. The number of rotatable bonds is 1. The number of hydrogen-bond acceptors (Lipinski definition) is 8. The second-order valence-corrected chi connectivity index (χ2v) is 7.38. The van der Waals surface area contributed by atoms with Gasteiger partial charge in [-0.15, -0.1) is 4.91 Å². The second kappa shape index (κ2) is 14.3. The number of phenolic OH excluding ortho intramolecular Hbond substituents is 2. The van der Waals surface area contributed by atoms with Crippen molar-refractivity contribution in [3.8, 4) is 22.6 Å². The molecule has 0 amide bonds. The van der Waals surface area contributed by atoms with Crippen LogP contribution in [0, 0.1) is 4.91 Å². The van der Waals surface area contributed by atoms with Crippen LogP contribution in [0.4, 0.5) is 0 Å². The number of benzene rings is 3. The Morgan fingerprint density at radius 3 is 1.81 bits per heavy atom. The predicted octanol–water partition coefficient (Wildman–Crippen LogP) is 0.394. The monoisotopic (exact) mass is 759 g/mol. The number of fused-ring (bicyclic) bond motifs is 3. The molecule has 36 heavy (non-hydrogen) atoms. The molecule has 1 aliphatic rings. The molecule has 0 unspecified atom stereocenters. The van der Waals surface area contributed by atoms with E-state index in [-0.39, 0.29) is 92.3 Å². The summed E-state index contributed by atoms with van der Waals surface area (Å²) in [5.41, 5.74) is 3.46. The van der Waals surface area contributed by atoms with E-state index >= 15 is 0 Å². The first-order valence-electron chi connectivity index (χ1n) is 8.72. The van der Waals surface area contributed by atoms with Gasteiger partial charge in [0.1, 0.15) is 18.1 Å². The molecule has 0 atom stereocenters. The van der Waals surface area contributed by atoms with Crippen molar-refractivity contribution in [1.82, 2.24) is 12.3 Å². The number of ether oxygens (including phenoxy) is 1. The number of carbonyl (C=O) groups excluding carboxylic acids is 1. The fourth-order valence-electron chi connectivity index (χ4n) is 3.58. The minimum absolute atomic E-state index is 0. The molecule has 0 fully saturated rings. The summed E-state index contributed by atoms with van der Waals surface area (Å²) in [5.74, 6) is -0.631. The molecule has 1 aromatic heterocycles. The van der Waals surface area contributed by atoms with Gasteiger partial charge in [-0.3, -0.25) is 0 Å². The minimum atomic E-state index is -0.377. The molecule has 0 spiro atoms. The Hall–Kier alpha value is -2.43. The van der Waals surface area contributed by atoms with Crippen molar-refractivity contribution in [2.24, 2.45) is 5.34 Å². The maximum absolute atomic E-state index is 12.0. The van der Waals surface area contributed by atoms with Gasteiger partial charge in [-0.1, -0.05) is 35.3 Å². The van der Waals surface area contributed by atoms with Crippen molar-refractivity contribution in [1.29, 1.82) is 0 Å². The van der Waals surface area contributed by atoms with Crippen molar-refractivity contribution in [2.45, 2.75) is 6.61 Å². The SMILES string of the molecule is N.N.O=C1OCc2c1cccc2-c1c2cc(Cl)c(O)cc2[o+]c2cc(O)c(Cl)cc12.O=NO.[Cl-].[Cl-].[Pt+4]. The van der Waals surface area contributed by atoms with E-state index < -0.39 is 0 Å². The molecule has 3 aromatic carbocycles. The molecule has 4 aromatic rings. The molecule has 194 valence electrons. The van der Waals surface area contributed by atoms with Crippen LogP contribution in [0.25, 0.3) is 33.1 Å². The molecule has 0 radical (unpaired) electrons. The molecule has 15 heteroatoms. The Labute approximate surface area is 240 Å². The van der Waals surface area contributed by atoms with Gasteiger partial charge in [-0.05, 0) is 23.8 Å². The van der Waals surface area contributed by atoms with E-state index in [0.29, 0.717) is 27.5 Å². The number of carbonyl (C=O) groups is 1. The topological polar surface area (TPSA) is 198 Å². The van der Waals surface area contributed by atoms with Crippen LogP contribution < -0.4 is 37.1 Å². The van der Waals surface area contributed by atoms with E-state index in [0.717, 1.165) is 16.7 Å². The standard InChI is InChI=1S/C21H10Cl2O5.2ClH.HNO2.2H3N.Pt/c22-14-4-11-18(6-16(14)24)28-19-7-17(25)15(23)5-12(19)20(11)9-2-1-3-10-13(9)8-27-21(10)26;;;2-1-3;;;/h1-7H,8H2,(H-,24,25);2*1H;(H,2,3);2*1H3;/q;;;;;;+4/p-1. The number of halogens is 4. The van der Waals surface area contributed by atoms with E-state index in [4.69, 9.17) is 42.5 Å². The van der Waals surface area contributed by atoms with E-state index in [1.807, 2.05) is 6.07 Å². The third-order valence-corrected chi connectivity index (χ3v) is 5.47. The van der Waals surface area contributed by atoms with Crippen LogP contribution in [0.1, 0.15) is 15.9 Å². The largest absolute Gasteiger partial charge is 4.00 e. The first-order valence-corrected chi connectivity index (χ1v) is 9.48. The van der Waals surface area contributed by atoms with Gasteiger partial charge < -0.3 is 57.3 Å². The number of phenols is 2. The smallest absolute Gasteiger partial charge is 1.00 e. The first kappa shape index (κ1) is 35.7. The van der Waals surface area contributed by atoms with Gasteiger partial charge in [0.05, 0.1) is 38.5 Å². The van der Waals surface area contributed by atoms with Crippen LogP contribution in [0.2, 0.25) is 10.0 Å². The van der Waals surface area contributed by atoms with Crippen LogP contribution in [0.5, 0.6) is 11.5 Å². The summed E-state index contributed by atoms with van der Waals surface area (Å²) in [5, 5.41) is 29.5. The van der Waals surface area contributed by atoms with Gasteiger partial charge in [0, 0.05) is 11.1 Å². The summed E-state index contributed by atoms with van der Waals surface area (Å²) < 4.78 is 11.1. The normalized spacial score (nSPS) is 10.6. The predicted molar refractivity (Wildman–Crippen MR) is 124 cm³/mol. The summed E-state index contributed by atoms with van der Waals surface area (Å²) in [4.78, 5) is 20.1. The summed E-state index contributed by atoms with van der Waals surface area (Å²) in [6, 6.07) is 11.4. The maximum atomic E-state index is 12.0. The van der Waals surface area contributed by atoms with E-state index in [9.17, 15) is 15.0 Å². The minimum Gasteiger partial charge on any atom is -1.00 e. The van der Waals surface area contributed by atoms with Gasteiger partial charge in [0.2, 0.25) is 0 Å². The molecule has 0 aliphatic carbocycles. The Bertz CT molecular complexity index is 1340. The molecule has 5 rings (SSSR count). The Kier molecular flexibility index (Phi) is 14.2. The van der Waals surface area contributed by atoms with E-state index in [1.54, 1.807) is 24.3 Å². The number of aromatic hydroxyl groups is 2. The third kappa shape index (κ3) is 6.27. The van der Waals surface area contributed by atoms with Crippen molar-refractivity contribution in [2.75, 3.05) is 0 Å². The molecule has 1 aliphatic heterocycles. The fourth-order valence-corrected chi connectivity index (χ4v) is 3.91. The van der Waals surface area contributed by atoms with Gasteiger partial charge in [0.15, 0.2) is 5.34 Å². The number of cyclic esters (lactones) is 1. The van der Waals surface area contributed by atoms with Crippen molar-refractivity contribution in [3.63, 3.8) is 0 Å². The van der Waals surface area contributed by atoms with Crippen LogP contribution in [-0.4, -0.2) is 21.4 Å². The molecular formula is C21H18Cl4N3O7Pt+3. The van der Waals surface area contributed by atoms with Crippen molar-refractivity contribution < 1.29 is 75.2 Å². The molecule has 0 bridgehead atoms. The zero-order valence-electron chi connectivity index (χ0n) is 17.9. The molecule has 2 heterocycles. The molecule has 10 nitrogen and oxygen atoms in total. The molecule has 0 saturated heterocycles. The summed E-state index contributed by atoms with van der Waals surface area (Å²) >= 11 is 12.3. The maximum Gasteiger partial charge on any atom is 4.00 e. The molecule has 9 N–H and O–H groups in total. The average Bonchev–Trinajstić information content (AvgIpc) is 3.11. The quantitative estimate of drug-likeness (QED) is 0.0600. The third-order valence-electron chi connectivity index (χ3n) is 4.87. The van der Waals surface area contributed by atoms with Gasteiger partial charge in [0.25, 0.3) is 0 Å². The van der Waals surface area contributed by atoms with E-state index in [1.165, 1.54) is 17.5 Å². The Balaban J connectivity index is 0. The number of esters is 1. The summed E-state index contributed by atoms with van der Waals surface area (Å²) in [6.45, 7) is 0.150. The molecular weight excluding hydrogens is 743 g/mol. The Morgan fingerprint density at radius 2 is 1.33 bits per heavy atom. The van der Waals surface area contributed by atoms with Gasteiger partial charge >= 0.3 is 38.2 Å². The number of nitrogens with zero attached hydrogens (tertiary/aromatic N) is 1. The second-order valence-electron chi connectivity index (χ2n) is 6.57. The zero-order chi connectivity index (χ0) is 22.3. The fraction of sp³-hybridized carbons (Fsp3) is 0.0476. The van der Waals surface area contributed by atoms with Crippen LogP contribution in [0.15, 0.2) is 52.2 Å². The van der Waals surface area contributed by atoms with Crippen molar-refractivity contribution >= 4 is 51.1 Å². The van der Waals surface area contributed by atoms with Crippen LogP contribution >= 0.6 is 23.2 Å². The van der Waals surface area contributed by atoms with E-state index in [2.05, 4.69) is 0 Å². The number of hydrogen-bond donors (Lipinski definition) is 5. The molecule has 0 saturated carbocycles. The van der Waals surface area contributed by atoms with Gasteiger partial charge in [-0.25, -0.2) is 9.21 Å². The first-order chi connectivity index (χ1) is 14.8. The summed E-state index contributed by atoms with van der Waals surface area (Å²) in [6.07, 6.45) is 0. The zero-order valence-corrected chi connectivity index (χ0v) is 23.2. The van der Waals surface area contributed by atoms with Crippen LogP contribution in [-0.2, 0) is 32.4 Å². The Morgan fingerprint density at radius 1 is 0.889 bits per heavy atom. The van der Waals surface area contributed by atoms with Crippen LogP contribution in [0.3, 0.4) is 0 Å². The van der Waals surface area contributed by atoms with Gasteiger partial charge in [-0.2, -0.15) is 0 Å². The van der Waals surface area contributed by atoms with Crippen molar-refractivity contribution in [3.05, 3.63) is 68.5 Å². The summed E-state index contributed by atoms with van der Waals surface area (Å²) in [7, 11) is 0.